The number of rotatable bonds is 7. The molecule has 0 radical (unpaired) electrons. The van der Waals surface area contributed by atoms with Crippen LogP contribution in [0.15, 0.2) is 23.4 Å². The lowest BCUT2D eigenvalue weighted by atomic mass is 10.2. The fraction of sp³-hybridized carbons (Fsp3) is 0.444. The highest BCUT2D eigenvalue weighted by Crippen LogP contribution is 2.29. The molecule has 0 aliphatic rings. The average molecular weight is 411 g/mol. The van der Waals surface area contributed by atoms with Gasteiger partial charge in [0.2, 0.25) is 5.91 Å². The first-order chi connectivity index (χ1) is 12.6. The highest BCUT2D eigenvalue weighted by molar-refractivity contribution is 8.00. The maximum Gasteiger partial charge on any atom is 0.271 e. The summed E-state index contributed by atoms with van der Waals surface area (Å²) >= 11 is 7.42. The Bertz CT molecular complexity index is 867. The van der Waals surface area contributed by atoms with Gasteiger partial charge in [0.1, 0.15) is 0 Å². The van der Waals surface area contributed by atoms with Gasteiger partial charge in [-0.3, -0.25) is 14.9 Å². The predicted molar refractivity (Wildman–Crippen MR) is 109 cm³/mol. The second kappa shape index (κ2) is 8.75. The van der Waals surface area contributed by atoms with E-state index in [2.05, 4.69) is 28.7 Å². The van der Waals surface area contributed by atoms with E-state index in [4.69, 9.17) is 11.6 Å². The number of halogens is 1. The molecule has 0 fully saturated rings. The number of hydrogen-bond acceptors (Lipinski definition) is 5. The molecule has 27 heavy (non-hydrogen) atoms. The first kappa shape index (κ1) is 21.2. The van der Waals surface area contributed by atoms with Gasteiger partial charge >= 0.3 is 0 Å². The number of amides is 1. The van der Waals surface area contributed by atoms with Crippen molar-refractivity contribution in [2.75, 3.05) is 5.32 Å². The van der Waals surface area contributed by atoms with Crippen LogP contribution in [-0.4, -0.2) is 25.6 Å². The Balaban J connectivity index is 2.13. The molecule has 1 atom stereocenters. The third-order valence-electron chi connectivity index (χ3n) is 4.04. The number of nitrogens with one attached hydrogen (secondary N) is 1. The van der Waals surface area contributed by atoms with E-state index >= 15 is 0 Å². The Morgan fingerprint density at radius 3 is 2.59 bits per heavy atom. The molecule has 0 spiro atoms. The Hall–Kier alpha value is -2.06. The molecule has 0 aliphatic heterocycles. The standard InChI is InChI=1S/C18H23ClN4O3S/c1-10(2)9-22-12(4)11(3)20-18(22)27-13(5)17(24)21-16-7-6-14(23(25)26)8-15(16)19/h6-8,10,13H,9H2,1-5H3,(H,21,24)/t13-/m1/s1. The molecule has 0 saturated carbocycles. The van der Waals surface area contributed by atoms with Crippen LogP contribution < -0.4 is 5.32 Å². The van der Waals surface area contributed by atoms with E-state index in [-0.39, 0.29) is 16.6 Å². The zero-order chi connectivity index (χ0) is 20.3. The van der Waals surface area contributed by atoms with Crippen molar-refractivity contribution < 1.29 is 9.72 Å². The molecule has 7 nitrogen and oxygen atoms in total. The quantitative estimate of drug-likeness (QED) is 0.400. The largest absolute Gasteiger partial charge is 0.324 e. The molecular weight excluding hydrogens is 388 g/mol. The summed E-state index contributed by atoms with van der Waals surface area (Å²) in [6, 6.07) is 3.96. The lowest BCUT2D eigenvalue weighted by molar-refractivity contribution is -0.384. The highest BCUT2D eigenvalue weighted by atomic mass is 35.5. The van der Waals surface area contributed by atoms with Crippen LogP contribution in [-0.2, 0) is 11.3 Å². The molecule has 2 rings (SSSR count). The number of nitro benzene ring substituents is 1. The Morgan fingerprint density at radius 2 is 2.04 bits per heavy atom. The van der Waals surface area contributed by atoms with Crippen LogP contribution in [0.5, 0.6) is 0 Å². The van der Waals surface area contributed by atoms with Gasteiger partial charge in [-0.1, -0.05) is 37.2 Å². The number of nitro groups is 1. The van der Waals surface area contributed by atoms with E-state index in [0.29, 0.717) is 11.6 Å². The lowest BCUT2D eigenvalue weighted by Gasteiger charge is -2.15. The molecule has 0 aliphatic carbocycles. The molecule has 1 heterocycles. The van der Waals surface area contributed by atoms with Gasteiger partial charge in [0.05, 0.1) is 26.6 Å². The molecule has 1 aromatic heterocycles. The fourth-order valence-corrected chi connectivity index (χ4v) is 3.69. The lowest BCUT2D eigenvalue weighted by Crippen LogP contribution is -2.23. The topological polar surface area (TPSA) is 90.1 Å². The summed E-state index contributed by atoms with van der Waals surface area (Å²) < 4.78 is 2.13. The van der Waals surface area contributed by atoms with Crippen LogP contribution >= 0.6 is 23.4 Å². The van der Waals surface area contributed by atoms with Gasteiger partial charge in [-0.2, -0.15) is 0 Å². The second-order valence-electron chi connectivity index (χ2n) is 6.74. The number of hydrogen-bond donors (Lipinski definition) is 1. The molecule has 0 saturated heterocycles. The minimum absolute atomic E-state index is 0.123. The second-order valence-corrected chi connectivity index (χ2v) is 8.46. The number of aromatic nitrogens is 2. The zero-order valence-electron chi connectivity index (χ0n) is 15.9. The van der Waals surface area contributed by atoms with E-state index in [1.807, 2.05) is 13.8 Å². The number of non-ortho nitro benzene ring substituents is 1. The molecule has 0 unspecified atom stereocenters. The number of carbonyl (C=O) groups excluding carboxylic acids is 1. The van der Waals surface area contributed by atoms with Gasteiger partial charge in [-0.15, -0.1) is 0 Å². The Labute approximate surface area is 167 Å². The van der Waals surface area contributed by atoms with Crippen molar-refractivity contribution in [2.24, 2.45) is 5.92 Å². The first-order valence-electron chi connectivity index (χ1n) is 8.55. The molecular formula is C18H23ClN4O3S. The smallest absolute Gasteiger partial charge is 0.271 e. The van der Waals surface area contributed by atoms with E-state index in [1.54, 1.807) is 6.92 Å². The van der Waals surface area contributed by atoms with Crippen molar-refractivity contribution in [3.8, 4) is 0 Å². The fourth-order valence-electron chi connectivity index (χ4n) is 2.46. The minimum Gasteiger partial charge on any atom is -0.324 e. The highest BCUT2D eigenvalue weighted by Gasteiger charge is 2.21. The Morgan fingerprint density at radius 1 is 1.37 bits per heavy atom. The molecule has 9 heteroatoms. The van der Waals surface area contributed by atoms with Gasteiger partial charge in [-0.05, 0) is 32.8 Å². The van der Waals surface area contributed by atoms with Crippen molar-refractivity contribution in [1.29, 1.82) is 0 Å². The summed E-state index contributed by atoms with van der Waals surface area (Å²) in [5.41, 5.74) is 2.26. The van der Waals surface area contributed by atoms with Crippen molar-refractivity contribution in [3.63, 3.8) is 0 Å². The van der Waals surface area contributed by atoms with Crippen LogP contribution in [0.1, 0.15) is 32.2 Å². The van der Waals surface area contributed by atoms with Crippen LogP contribution in [0.25, 0.3) is 0 Å². The summed E-state index contributed by atoms with van der Waals surface area (Å²) in [5, 5.41) is 14.0. The van der Waals surface area contributed by atoms with Crippen LogP contribution in [0.4, 0.5) is 11.4 Å². The summed E-state index contributed by atoms with van der Waals surface area (Å²) in [4.78, 5) is 27.4. The summed E-state index contributed by atoms with van der Waals surface area (Å²) in [5.74, 6) is 0.213. The van der Waals surface area contributed by atoms with Gasteiger partial charge in [0.15, 0.2) is 5.16 Å². The predicted octanol–water partition coefficient (Wildman–Crippen LogP) is 4.84. The number of aryl methyl sites for hydroxylation is 1. The maximum atomic E-state index is 12.6. The molecule has 2 aromatic rings. The first-order valence-corrected chi connectivity index (χ1v) is 9.81. The number of imidazole rings is 1. The minimum atomic E-state index is -0.533. The summed E-state index contributed by atoms with van der Waals surface area (Å²) in [6.45, 7) is 10.9. The monoisotopic (exact) mass is 410 g/mol. The van der Waals surface area contributed by atoms with E-state index in [9.17, 15) is 14.9 Å². The third kappa shape index (κ3) is 5.23. The normalized spacial score (nSPS) is 12.3. The molecule has 1 N–H and O–H groups in total. The maximum absolute atomic E-state index is 12.6. The number of anilines is 1. The van der Waals surface area contributed by atoms with E-state index in [0.717, 1.165) is 23.1 Å². The Kier molecular flexibility index (Phi) is 6.89. The van der Waals surface area contributed by atoms with E-state index < -0.39 is 10.2 Å². The SMILES string of the molecule is Cc1nc(S[C@H](C)C(=O)Nc2ccc([N+](=O)[O-])cc2Cl)n(CC(C)C)c1C. The van der Waals surface area contributed by atoms with Crippen molar-refractivity contribution in [2.45, 2.75) is 51.6 Å². The molecule has 0 bridgehead atoms. The van der Waals surface area contributed by atoms with Crippen LogP contribution in [0.2, 0.25) is 5.02 Å². The zero-order valence-corrected chi connectivity index (χ0v) is 17.5. The molecule has 146 valence electrons. The van der Waals surface area contributed by atoms with Gasteiger partial charge in [-0.25, -0.2) is 4.98 Å². The molecule has 1 amide bonds. The van der Waals surface area contributed by atoms with Gasteiger partial charge in [0.25, 0.3) is 5.69 Å². The van der Waals surface area contributed by atoms with Crippen LogP contribution in [0.3, 0.4) is 0 Å². The van der Waals surface area contributed by atoms with Crippen molar-refractivity contribution in [3.05, 3.63) is 44.7 Å². The van der Waals surface area contributed by atoms with Gasteiger partial charge < -0.3 is 9.88 Å². The number of benzene rings is 1. The number of carbonyl (C=O) groups is 1. The van der Waals surface area contributed by atoms with Crippen molar-refractivity contribution in [1.82, 2.24) is 9.55 Å². The average Bonchev–Trinajstić information content (AvgIpc) is 2.83. The van der Waals surface area contributed by atoms with E-state index in [1.165, 1.54) is 30.0 Å². The van der Waals surface area contributed by atoms with Crippen LogP contribution in [0, 0.1) is 29.9 Å². The third-order valence-corrected chi connectivity index (χ3v) is 5.45. The number of nitrogens with zero attached hydrogens (tertiary/aromatic N) is 3. The molecule has 1 aromatic carbocycles. The summed E-state index contributed by atoms with van der Waals surface area (Å²) in [7, 11) is 0. The van der Waals surface area contributed by atoms with Crippen molar-refractivity contribution >= 4 is 40.6 Å². The number of thioether (sulfide) groups is 1. The van der Waals surface area contributed by atoms with Gasteiger partial charge in [0, 0.05) is 24.4 Å². The summed E-state index contributed by atoms with van der Waals surface area (Å²) in [6.07, 6.45) is 0.